The summed E-state index contributed by atoms with van der Waals surface area (Å²) in [5, 5.41) is 0. The zero-order valence-electron chi connectivity index (χ0n) is 11.8. The predicted molar refractivity (Wildman–Crippen MR) is 78.6 cm³/mol. The number of hydrogen-bond acceptors (Lipinski definition) is 4. The fourth-order valence-corrected chi connectivity index (χ4v) is 3.30. The molecule has 0 aliphatic carbocycles. The Bertz CT molecular complexity index is 525. The molecule has 20 heavy (non-hydrogen) atoms. The standard InChI is InChI=1S/C14H22N2O3S/c1-13-5-4-6-14(11-13)12-20(17,18)15-19-10-9-16-7-2-3-8-16/h4-6,11,15H,2-3,7-10,12H2,1H3. The van der Waals surface area contributed by atoms with Crippen molar-refractivity contribution in [3.05, 3.63) is 35.4 Å². The molecule has 2 rings (SSSR count). The van der Waals surface area contributed by atoms with E-state index in [-0.39, 0.29) is 5.75 Å². The van der Waals surface area contributed by atoms with Crippen molar-refractivity contribution in [2.24, 2.45) is 0 Å². The maximum Gasteiger partial charge on any atom is 0.237 e. The lowest BCUT2D eigenvalue weighted by atomic mass is 10.2. The van der Waals surface area contributed by atoms with Gasteiger partial charge in [0.1, 0.15) is 0 Å². The summed E-state index contributed by atoms with van der Waals surface area (Å²) in [7, 11) is -3.44. The number of hydrogen-bond donors (Lipinski definition) is 1. The minimum Gasteiger partial charge on any atom is -0.301 e. The Morgan fingerprint density at radius 1 is 1.30 bits per heavy atom. The number of nitrogens with one attached hydrogen (secondary N) is 1. The average Bonchev–Trinajstić information content (AvgIpc) is 2.87. The van der Waals surface area contributed by atoms with Crippen LogP contribution in [0.15, 0.2) is 24.3 Å². The van der Waals surface area contributed by atoms with Crippen molar-refractivity contribution in [3.63, 3.8) is 0 Å². The Labute approximate surface area is 120 Å². The van der Waals surface area contributed by atoms with Crippen molar-refractivity contribution >= 4 is 10.0 Å². The quantitative estimate of drug-likeness (QED) is 0.611. The van der Waals surface area contributed by atoms with Crippen LogP contribution in [0.3, 0.4) is 0 Å². The SMILES string of the molecule is Cc1cccc(CS(=O)(=O)NOCCN2CCCC2)c1. The zero-order chi connectivity index (χ0) is 14.4. The van der Waals surface area contributed by atoms with Crippen molar-refractivity contribution in [3.8, 4) is 0 Å². The fraction of sp³-hybridized carbons (Fsp3) is 0.571. The van der Waals surface area contributed by atoms with Crippen LogP contribution in [0.5, 0.6) is 0 Å². The van der Waals surface area contributed by atoms with Gasteiger partial charge in [0.2, 0.25) is 10.0 Å². The summed E-state index contributed by atoms with van der Waals surface area (Å²) in [5.41, 5.74) is 1.81. The molecule has 1 heterocycles. The zero-order valence-corrected chi connectivity index (χ0v) is 12.7. The van der Waals surface area contributed by atoms with Crippen LogP contribution in [0, 0.1) is 6.92 Å². The van der Waals surface area contributed by atoms with Crippen LogP contribution < -0.4 is 4.89 Å². The van der Waals surface area contributed by atoms with E-state index in [0.717, 1.165) is 30.8 Å². The van der Waals surface area contributed by atoms with Gasteiger partial charge < -0.3 is 4.90 Å². The predicted octanol–water partition coefficient (Wildman–Crippen LogP) is 1.44. The number of benzene rings is 1. The third kappa shape index (κ3) is 5.20. The third-order valence-electron chi connectivity index (χ3n) is 3.33. The maximum absolute atomic E-state index is 11.9. The molecule has 1 aliphatic heterocycles. The minimum absolute atomic E-state index is 0.0571. The molecule has 0 spiro atoms. The number of nitrogens with zero attached hydrogens (tertiary/aromatic N) is 1. The van der Waals surface area contributed by atoms with Crippen molar-refractivity contribution in [1.82, 2.24) is 9.79 Å². The van der Waals surface area contributed by atoms with Crippen LogP contribution in [0.2, 0.25) is 0 Å². The smallest absolute Gasteiger partial charge is 0.237 e. The average molecular weight is 298 g/mol. The molecule has 1 saturated heterocycles. The first-order valence-electron chi connectivity index (χ1n) is 6.94. The summed E-state index contributed by atoms with van der Waals surface area (Å²) in [6.07, 6.45) is 2.44. The van der Waals surface area contributed by atoms with Gasteiger partial charge in [-0.2, -0.15) is 0 Å². The third-order valence-corrected chi connectivity index (χ3v) is 4.42. The molecule has 1 aliphatic rings. The van der Waals surface area contributed by atoms with Gasteiger partial charge in [0.25, 0.3) is 0 Å². The molecule has 112 valence electrons. The summed E-state index contributed by atoms with van der Waals surface area (Å²) >= 11 is 0. The van der Waals surface area contributed by atoms with E-state index in [1.807, 2.05) is 25.1 Å². The van der Waals surface area contributed by atoms with Gasteiger partial charge in [-0.1, -0.05) is 34.7 Å². The first-order valence-corrected chi connectivity index (χ1v) is 8.59. The van der Waals surface area contributed by atoms with Crippen molar-refractivity contribution in [2.45, 2.75) is 25.5 Å². The highest BCUT2D eigenvalue weighted by atomic mass is 32.2. The van der Waals surface area contributed by atoms with Crippen LogP contribution in [0.25, 0.3) is 0 Å². The van der Waals surface area contributed by atoms with E-state index < -0.39 is 10.0 Å². The Kier molecular flexibility index (Phi) is 5.54. The lowest BCUT2D eigenvalue weighted by Gasteiger charge is -2.14. The normalized spacial score (nSPS) is 16.6. The van der Waals surface area contributed by atoms with E-state index in [1.54, 1.807) is 6.07 Å². The van der Waals surface area contributed by atoms with E-state index in [0.29, 0.717) is 6.61 Å². The van der Waals surface area contributed by atoms with Crippen LogP contribution in [0.4, 0.5) is 0 Å². The molecule has 0 atom stereocenters. The molecule has 0 aromatic heterocycles. The highest BCUT2D eigenvalue weighted by Crippen LogP contribution is 2.08. The highest BCUT2D eigenvalue weighted by Gasteiger charge is 2.13. The molecule has 0 unspecified atom stereocenters. The molecule has 1 aromatic rings. The first-order chi connectivity index (χ1) is 9.55. The highest BCUT2D eigenvalue weighted by molar-refractivity contribution is 7.88. The van der Waals surface area contributed by atoms with Crippen molar-refractivity contribution in [2.75, 3.05) is 26.2 Å². The Morgan fingerprint density at radius 2 is 2.05 bits per heavy atom. The molecular weight excluding hydrogens is 276 g/mol. The first kappa shape index (κ1) is 15.4. The summed E-state index contributed by atoms with van der Waals surface area (Å²) in [4.78, 5) is 9.55. The van der Waals surface area contributed by atoms with Gasteiger partial charge in [-0.3, -0.25) is 4.84 Å². The van der Waals surface area contributed by atoms with Gasteiger partial charge in [-0.25, -0.2) is 8.42 Å². The van der Waals surface area contributed by atoms with Crippen molar-refractivity contribution in [1.29, 1.82) is 0 Å². The summed E-state index contributed by atoms with van der Waals surface area (Å²) in [6, 6.07) is 7.46. The maximum atomic E-state index is 11.9. The molecule has 0 amide bonds. The van der Waals surface area contributed by atoms with Gasteiger partial charge in [-0.15, -0.1) is 0 Å². The molecule has 0 bridgehead atoms. The molecule has 0 saturated carbocycles. The summed E-state index contributed by atoms with van der Waals surface area (Å²) in [5.74, 6) is -0.0571. The van der Waals surface area contributed by atoms with Crippen LogP contribution in [-0.4, -0.2) is 39.6 Å². The largest absolute Gasteiger partial charge is 0.301 e. The summed E-state index contributed by atoms with van der Waals surface area (Å²) in [6.45, 7) is 5.26. The minimum atomic E-state index is -3.44. The number of rotatable bonds is 7. The van der Waals surface area contributed by atoms with E-state index in [9.17, 15) is 8.42 Å². The second kappa shape index (κ2) is 7.17. The van der Waals surface area contributed by atoms with E-state index in [1.165, 1.54) is 12.8 Å². The Morgan fingerprint density at radius 3 is 2.75 bits per heavy atom. The molecule has 6 heteroatoms. The lowest BCUT2D eigenvalue weighted by Crippen LogP contribution is -2.30. The van der Waals surface area contributed by atoms with E-state index in [2.05, 4.69) is 9.79 Å². The number of sulfonamides is 1. The van der Waals surface area contributed by atoms with E-state index >= 15 is 0 Å². The summed E-state index contributed by atoms with van der Waals surface area (Å²) < 4.78 is 23.7. The topological polar surface area (TPSA) is 58.6 Å². The van der Waals surface area contributed by atoms with Gasteiger partial charge in [-0.05, 0) is 38.4 Å². The van der Waals surface area contributed by atoms with Crippen LogP contribution in [-0.2, 0) is 20.6 Å². The number of likely N-dealkylation sites (tertiary alicyclic amines) is 1. The van der Waals surface area contributed by atoms with Gasteiger partial charge >= 0.3 is 0 Å². The van der Waals surface area contributed by atoms with Crippen LogP contribution in [0.1, 0.15) is 24.0 Å². The number of aryl methyl sites for hydroxylation is 1. The lowest BCUT2D eigenvalue weighted by molar-refractivity contribution is 0.0755. The fourth-order valence-electron chi connectivity index (χ4n) is 2.36. The molecule has 0 radical (unpaired) electrons. The van der Waals surface area contributed by atoms with Gasteiger partial charge in [0.15, 0.2) is 0 Å². The molecule has 5 nitrogen and oxygen atoms in total. The molecule has 1 fully saturated rings. The molecular formula is C14H22N2O3S. The van der Waals surface area contributed by atoms with Gasteiger partial charge in [0.05, 0.1) is 12.4 Å². The second-order valence-electron chi connectivity index (χ2n) is 5.23. The Hall–Kier alpha value is -0.950. The van der Waals surface area contributed by atoms with E-state index in [4.69, 9.17) is 4.84 Å². The molecule has 1 N–H and O–H groups in total. The monoisotopic (exact) mass is 298 g/mol. The van der Waals surface area contributed by atoms with Crippen molar-refractivity contribution < 1.29 is 13.3 Å². The molecule has 1 aromatic carbocycles. The van der Waals surface area contributed by atoms with Crippen LogP contribution >= 0.6 is 0 Å². The Balaban J connectivity index is 1.73. The van der Waals surface area contributed by atoms with Gasteiger partial charge in [0, 0.05) is 6.54 Å². The second-order valence-corrected chi connectivity index (χ2v) is 6.91.